The van der Waals surface area contributed by atoms with Crippen LogP contribution in [0.5, 0.6) is 0 Å². The number of carbonyl (C=O) groups is 1. The zero-order valence-corrected chi connectivity index (χ0v) is 9.93. The van der Waals surface area contributed by atoms with E-state index >= 15 is 0 Å². The average molecular weight is 234 g/mol. The van der Waals surface area contributed by atoms with Crippen molar-refractivity contribution in [2.24, 2.45) is 5.92 Å². The number of rotatable bonds is 5. The maximum Gasteiger partial charge on any atom is 0.306 e. The summed E-state index contributed by atoms with van der Waals surface area (Å²) in [5.41, 5.74) is 0. The van der Waals surface area contributed by atoms with Crippen molar-refractivity contribution in [3.63, 3.8) is 0 Å². The van der Waals surface area contributed by atoms with Crippen LogP contribution in [0.15, 0.2) is 35.0 Å². The van der Waals surface area contributed by atoms with E-state index in [1.807, 2.05) is 12.1 Å². The fourth-order valence-electron chi connectivity index (χ4n) is 1.97. The summed E-state index contributed by atoms with van der Waals surface area (Å²) in [4.78, 5) is 11.5. The Morgan fingerprint density at radius 1 is 1.47 bits per heavy atom. The minimum atomic E-state index is -0.129. The SMILES string of the molecule is O=C(CCc1ccco1)OCC1CC=CCC1. The van der Waals surface area contributed by atoms with Crippen LogP contribution in [0.1, 0.15) is 31.4 Å². The molecule has 0 saturated heterocycles. The predicted molar refractivity (Wildman–Crippen MR) is 64.5 cm³/mol. The van der Waals surface area contributed by atoms with Gasteiger partial charge in [0.15, 0.2) is 0 Å². The summed E-state index contributed by atoms with van der Waals surface area (Å²) >= 11 is 0. The monoisotopic (exact) mass is 234 g/mol. The fourth-order valence-corrected chi connectivity index (χ4v) is 1.97. The van der Waals surface area contributed by atoms with E-state index in [-0.39, 0.29) is 5.97 Å². The van der Waals surface area contributed by atoms with Gasteiger partial charge < -0.3 is 9.15 Å². The van der Waals surface area contributed by atoms with Gasteiger partial charge in [-0.15, -0.1) is 0 Å². The van der Waals surface area contributed by atoms with Gasteiger partial charge in [0.1, 0.15) is 5.76 Å². The number of esters is 1. The molecule has 0 radical (unpaired) electrons. The number of ether oxygens (including phenoxy) is 1. The Morgan fingerprint density at radius 3 is 3.12 bits per heavy atom. The standard InChI is InChI=1S/C14H18O3/c15-14(9-8-13-7-4-10-16-13)17-11-12-5-2-1-3-6-12/h1-2,4,7,10,12H,3,5-6,8-9,11H2. The Kier molecular flexibility index (Phi) is 4.42. The van der Waals surface area contributed by atoms with Gasteiger partial charge in [-0.05, 0) is 37.3 Å². The molecule has 92 valence electrons. The van der Waals surface area contributed by atoms with Crippen LogP contribution < -0.4 is 0 Å². The number of hydrogen-bond donors (Lipinski definition) is 0. The Hall–Kier alpha value is -1.51. The van der Waals surface area contributed by atoms with Crippen LogP contribution in [0.25, 0.3) is 0 Å². The molecule has 0 spiro atoms. The first kappa shape index (κ1) is 12.0. The number of carbonyl (C=O) groups excluding carboxylic acids is 1. The number of aryl methyl sites for hydroxylation is 1. The maximum absolute atomic E-state index is 11.5. The van der Waals surface area contributed by atoms with E-state index < -0.39 is 0 Å². The molecule has 1 heterocycles. The van der Waals surface area contributed by atoms with E-state index in [1.165, 1.54) is 0 Å². The van der Waals surface area contributed by atoms with Crippen molar-refractivity contribution in [1.29, 1.82) is 0 Å². The van der Waals surface area contributed by atoms with Crippen LogP contribution in [0.3, 0.4) is 0 Å². The molecule has 3 heteroatoms. The topological polar surface area (TPSA) is 39.4 Å². The lowest BCUT2D eigenvalue weighted by Crippen LogP contribution is -2.15. The molecule has 0 fully saturated rings. The Balaban J connectivity index is 1.62. The summed E-state index contributed by atoms with van der Waals surface area (Å²) in [6.45, 7) is 0.557. The number of allylic oxidation sites excluding steroid dienone is 2. The first-order valence-electron chi connectivity index (χ1n) is 6.17. The molecule has 0 saturated carbocycles. The van der Waals surface area contributed by atoms with E-state index in [0.29, 0.717) is 25.4 Å². The molecule has 0 aromatic carbocycles. The lowest BCUT2D eigenvalue weighted by Gasteiger charge is -2.17. The minimum absolute atomic E-state index is 0.129. The van der Waals surface area contributed by atoms with Crippen molar-refractivity contribution in [3.05, 3.63) is 36.3 Å². The zero-order chi connectivity index (χ0) is 11.9. The van der Waals surface area contributed by atoms with Crippen LogP contribution in [0, 0.1) is 5.92 Å². The third kappa shape index (κ3) is 4.10. The summed E-state index contributed by atoms with van der Waals surface area (Å²) < 4.78 is 10.4. The third-order valence-corrected chi connectivity index (χ3v) is 3.01. The summed E-state index contributed by atoms with van der Waals surface area (Å²) in [5, 5.41) is 0. The van der Waals surface area contributed by atoms with Crippen molar-refractivity contribution in [2.75, 3.05) is 6.61 Å². The first-order valence-corrected chi connectivity index (χ1v) is 6.17. The summed E-state index contributed by atoms with van der Waals surface area (Å²) in [5.74, 6) is 1.21. The Labute approximate surface area is 101 Å². The average Bonchev–Trinajstić information content (AvgIpc) is 2.88. The second-order valence-electron chi connectivity index (χ2n) is 4.41. The molecular weight excluding hydrogens is 216 g/mol. The first-order chi connectivity index (χ1) is 8.34. The molecule has 0 bridgehead atoms. The highest BCUT2D eigenvalue weighted by atomic mass is 16.5. The van der Waals surface area contributed by atoms with E-state index in [1.54, 1.807) is 6.26 Å². The van der Waals surface area contributed by atoms with E-state index in [4.69, 9.17) is 9.15 Å². The van der Waals surface area contributed by atoms with E-state index in [0.717, 1.165) is 25.0 Å². The normalized spacial score (nSPS) is 19.2. The number of hydrogen-bond acceptors (Lipinski definition) is 3. The van der Waals surface area contributed by atoms with Crippen molar-refractivity contribution < 1.29 is 13.9 Å². The molecule has 17 heavy (non-hydrogen) atoms. The molecule has 1 unspecified atom stereocenters. The van der Waals surface area contributed by atoms with Crippen LogP contribution in [0.4, 0.5) is 0 Å². The largest absolute Gasteiger partial charge is 0.469 e. The van der Waals surface area contributed by atoms with Gasteiger partial charge in [-0.25, -0.2) is 0 Å². The second-order valence-corrected chi connectivity index (χ2v) is 4.41. The predicted octanol–water partition coefficient (Wildman–Crippen LogP) is 3.11. The van der Waals surface area contributed by atoms with Gasteiger partial charge in [0, 0.05) is 6.42 Å². The van der Waals surface area contributed by atoms with Gasteiger partial charge in [0.2, 0.25) is 0 Å². The van der Waals surface area contributed by atoms with Crippen LogP contribution in [-0.4, -0.2) is 12.6 Å². The smallest absolute Gasteiger partial charge is 0.306 e. The highest BCUT2D eigenvalue weighted by molar-refractivity contribution is 5.69. The molecule has 2 rings (SSSR count). The molecule has 0 amide bonds. The maximum atomic E-state index is 11.5. The van der Waals surface area contributed by atoms with Crippen LogP contribution in [0.2, 0.25) is 0 Å². The van der Waals surface area contributed by atoms with Gasteiger partial charge in [-0.2, -0.15) is 0 Å². The molecular formula is C14H18O3. The molecule has 1 aliphatic carbocycles. The number of furan rings is 1. The van der Waals surface area contributed by atoms with Crippen molar-refractivity contribution >= 4 is 5.97 Å². The highest BCUT2D eigenvalue weighted by Crippen LogP contribution is 2.18. The van der Waals surface area contributed by atoms with Gasteiger partial charge in [-0.3, -0.25) is 4.79 Å². The minimum Gasteiger partial charge on any atom is -0.469 e. The molecule has 1 atom stereocenters. The highest BCUT2D eigenvalue weighted by Gasteiger charge is 2.12. The van der Waals surface area contributed by atoms with Crippen LogP contribution in [-0.2, 0) is 16.0 Å². The van der Waals surface area contributed by atoms with Crippen LogP contribution >= 0.6 is 0 Å². The Morgan fingerprint density at radius 2 is 2.41 bits per heavy atom. The molecule has 1 aromatic rings. The lowest BCUT2D eigenvalue weighted by molar-refractivity contribution is -0.145. The lowest BCUT2D eigenvalue weighted by atomic mass is 9.95. The molecule has 1 aromatic heterocycles. The third-order valence-electron chi connectivity index (χ3n) is 3.01. The quantitative estimate of drug-likeness (QED) is 0.580. The second kappa shape index (κ2) is 6.28. The van der Waals surface area contributed by atoms with Crippen molar-refractivity contribution in [2.45, 2.75) is 32.1 Å². The summed E-state index contributed by atoms with van der Waals surface area (Å²) in [6, 6.07) is 3.70. The van der Waals surface area contributed by atoms with Gasteiger partial charge >= 0.3 is 5.97 Å². The van der Waals surface area contributed by atoms with E-state index in [9.17, 15) is 4.79 Å². The van der Waals surface area contributed by atoms with E-state index in [2.05, 4.69) is 12.2 Å². The molecule has 0 N–H and O–H groups in total. The summed E-state index contributed by atoms with van der Waals surface area (Å²) in [7, 11) is 0. The Bertz CT molecular complexity index is 365. The van der Waals surface area contributed by atoms with Gasteiger partial charge in [0.25, 0.3) is 0 Å². The fraction of sp³-hybridized carbons (Fsp3) is 0.500. The molecule has 0 aliphatic heterocycles. The molecule has 1 aliphatic rings. The van der Waals surface area contributed by atoms with Crippen molar-refractivity contribution in [3.8, 4) is 0 Å². The van der Waals surface area contributed by atoms with Gasteiger partial charge in [-0.1, -0.05) is 12.2 Å². The van der Waals surface area contributed by atoms with Gasteiger partial charge in [0.05, 0.1) is 19.3 Å². The van der Waals surface area contributed by atoms with Crippen molar-refractivity contribution in [1.82, 2.24) is 0 Å². The molecule has 3 nitrogen and oxygen atoms in total. The zero-order valence-electron chi connectivity index (χ0n) is 9.93. The summed E-state index contributed by atoms with van der Waals surface area (Å²) in [6.07, 6.45) is 10.3.